The number of carbonyl (C=O) groups excluding carboxylic acids is 2. The lowest BCUT2D eigenvalue weighted by atomic mass is 10.2. The predicted octanol–water partition coefficient (Wildman–Crippen LogP) is 2.08. The van der Waals surface area contributed by atoms with Crippen molar-refractivity contribution in [2.45, 2.75) is 39.2 Å². The fourth-order valence-electron chi connectivity index (χ4n) is 1.84. The second-order valence-electron chi connectivity index (χ2n) is 5.64. The minimum Gasteiger partial charge on any atom is -0.444 e. The van der Waals surface area contributed by atoms with Crippen LogP contribution in [0.15, 0.2) is 0 Å². The molecule has 1 rings (SSSR count). The number of carbonyl (C=O) groups is 2. The van der Waals surface area contributed by atoms with Crippen LogP contribution in [0, 0.1) is 0 Å². The van der Waals surface area contributed by atoms with E-state index in [9.17, 15) is 9.59 Å². The van der Waals surface area contributed by atoms with Gasteiger partial charge in [0, 0.05) is 38.5 Å². The lowest BCUT2D eigenvalue weighted by Gasteiger charge is -2.35. The van der Waals surface area contributed by atoms with Gasteiger partial charge in [-0.05, 0) is 27.2 Å². The molecule has 0 aromatic rings. The summed E-state index contributed by atoms with van der Waals surface area (Å²) in [6.45, 7) is 7.73. The van der Waals surface area contributed by atoms with Crippen molar-refractivity contribution in [2.75, 3.05) is 32.1 Å². The summed E-state index contributed by atoms with van der Waals surface area (Å²) in [5.41, 5.74) is -0.482. The van der Waals surface area contributed by atoms with Gasteiger partial charge in [-0.3, -0.25) is 4.79 Å². The van der Waals surface area contributed by atoms with E-state index in [1.165, 1.54) is 0 Å². The Morgan fingerprint density at radius 2 is 1.63 bits per heavy atom. The van der Waals surface area contributed by atoms with Crippen molar-refractivity contribution < 1.29 is 14.3 Å². The molecule has 0 spiro atoms. The Balaban J connectivity index is 2.36. The van der Waals surface area contributed by atoms with Crippen molar-refractivity contribution in [2.24, 2.45) is 0 Å². The van der Waals surface area contributed by atoms with E-state index in [2.05, 4.69) is 0 Å². The third kappa shape index (κ3) is 5.68. The number of nitrogens with zero attached hydrogens (tertiary/aromatic N) is 2. The van der Waals surface area contributed by atoms with Crippen molar-refractivity contribution in [3.8, 4) is 0 Å². The predicted molar refractivity (Wildman–Crippen MR) is 74.3 cm³/mol. The molecular weight excluding hydrogens is 268 g/mol. The summed E-state index contributed by atoms with van der Waals surface area (Å²) in [7, 11) is 0. The molecule has 1 aliphatic heterocycles. The van der Waals surface area contributed by atoms with Crippen LogP contribution in [-0.4, -0.2) is 59.5 Å². The Morgan fingerprint density at radius 3 is 2.11 bits per heavy atom. The highest BCUT2D eigenvalue weighted by Crippen LogP contribution is 2.12. The Bertz CT molecular complexity index is 320. The van der Waals surface area contributed by atoms with Crippen LogP contribution in [0.25, 0.3) is 0 Å². The first kappa shape index (κ1) is 16.1. The van der Waals surface area contributed by atoms with Gasteiger partial charge in [-0.25, -0.2) is 4.79 Å². The van der Waals surface area contributed by atoms with Crippen molar-refractivity contribution in [1.82, 2.24) is 9.80 Å². The van der Waals surface area contributed by atoms with Gasteiger partial charge in [0.15, 0.2) is 0 Å². The standard InChI is InChI=1S/C13H23ClN2O3/c1-13(2,3)19-12(18)16-9-7-15(8-10-16)11(17)5-4-6-14/h4-10H2,1-3H3. The summed E-state index contributed by atoms with van der Waals surface area (Å²) >= 11 is 5.57. The molecule has 2 amide bonds. The number of halogens is 1. The van der Waals surface area contributed by atoms with Crippen LogP contribution in [0.2, 0.25) is 0 Å². The average molecular weight is 291 g/mol. The fraction of sp³-hybridized carbons (Fsp3) is 0.846. The zero-order valence-corrected chi connectivity index (χ0v) is 12.7. The van der Waals surface area contributed by atoms with Gasteiger partial charge in [-0.2, -0.15) is 0 Å². The van der Waals surface area contributed by atoms with Crippen molar-refractivity contribution in [3.63, 3.8) is 0 Å². The molecule has 0 unspecified atom stereocenters. The van der Waals surface area contributed by atoms with E-state index in [1.807, 2.05) is 20.8 Å². The molecule has 0 atom stereocenters. The molecule has 5 nitrogen and oxygen atoms in total. The van der Waals surface area contributed by atoms with Crippen molar-refractivity contribution in [1.29, 1.82) is 0 Å². The third-order valence-corrected chi connectivity index (χ3v) is 3.08. The van der Waals surface area contributed by atoms with Gasteiger partial charge in [-0.1, -0.05) is 0 Å². The molecule has 110 valence electrons. The van der Waals surface area contributed by atoms with Gasteiger partial charge in [0.05, 0.1) is 0 Å². The molecule has 0 N–H and O–H groups in total. The molecule has 0 radical (unpaired) electrons. The van der Waals surface area contributed by atoms with E-state index < -0.39 is 5.60 Å². The SMILES string of the molecule is CC(C)(C)OC(=O)N1CCN(C(=O)CCCCl)CC1. The molecule has 1 heterocycles. The number of amides is 2. The quantitative estimate of drug-likeness (QED) is 0.748. The third-order valence-electron chi connectivity index (χ3n) is 2.81. The first-order valence-electron chi connectivity index (χ1n) is 6.65. The molecule has 0 aromatic carbocycles. The number of rotatable bonds is 3. The van der Waals surface area contributed by atoms with Gasteiger partial charge >= 0.3 is 6.09 Å². The highest BCUT2D eigenvalue weighted by molar-refractivity contribution is 6.17. The molecule has 1 saturated heterocycles. The molecule has 19 heavy (non-hydrogen) atoms. The Kier molecular flexibility index (Phi) is 5.91. The maximum absolute atomic E-state index is 11.8. The van der Waals surface area contributed by atoms with Crippen LogP contribution in [-0.2, 0) is 9.53 Å². The van der Waals surface area contributed by atoms with Crippen LogP contribution >= 0.6 is 11.6 Å². The number of alkyl halides is 1. The summed E-state index contributed by atoms with van der Waals surface area (Å²) < 4.78 is 5.30. The summed E-state index contributed by atoms with van der Waals surface area (Å²) in [5.74, 6) is 0.619. The molecule has 0 saturated carbocycles. The summed E-state index contributed by atoms with van der Waals surface area (Å²) in [4.78, 5) is 27.1. The maximum atomic E-state index is 11.8. The fourth-order valence-corrected chi connectivity index (χ4v) is 1.97. The normalized spacial score (nSPS) is 16.4. The Hall–Kier alpha value is -0.970. The summed E-state index contributed by atoms with van der Waals surface area (Å²) in [5, 5.41) is 0. The monoisotopic (exact) mass is 290 g/mol. The molecular formula is C13H23ClN2O3. The van der Waals surface area contributed by atoms with Gasteiger partial charge in [-0.15, -0.1) is 11.6 Å². The molecule has 6 heteroatoms. The molecule has 0 bridgehead atoms. The first-order valence-corrected chi connectivity index (χ1v) is 7.18. The number of hydrogen-bond acceptors (Lipinski definition) is 3. The molecule has 0 aromatic heterocycles. The summed E-state index contributed by atoms with van der Waals surface area (Å²) in [6, 6.07) is 0. The minimum atomic E-state index is -0.482. The lowest BCUT2D eigenvalue weighted by Crippen LogP contribution is -2.51. The average Bonchev–Trinajstić information content (AvgIpc) is 2.34. The van der Waals surface area contributed by atoms with E-state index in [1.54, 1.807) is 9.80 Å². The van der Waals surface area contributed by atoms with Crippen LogP contribution in [0.5, 0.6) is 0 Å². The highest BCUT2D eigenvalue weighted by Gasteiger charge is 2.27. The van der Waals surface area contributed by atoms with Gasteiger partial charge in [0.25, 0.3) is 0 Å². The van der Waals surface area contributed by atoms with Crippen LogP contribution < -0.4 is 0 Å². The Morgan fingerprint density at radius 1 is 1.11 bits per heavy atom. The van der Waals surface area contributed by atoms with Crippen LogP contribution in [0.4, 0.5) is 4.79 Å². The van der Waals surface area contributed by atoms with E-state index in [0.29, 0.717) is 44.9 Å². The smallest absolute Gasteiger partial charge is 0.410 e. The van der Waals surface area contributed by atoms with Gasteiger partial charge in [0.1, 0.15) is 5.60 Å². The lowest BCUT2D eigenvalue weighted by molar-refractivity contribution is -0.132. The topological polar surface area (TPSA) is 49.9 Å². The van der Waals surface area contributed by atoms with E-state index >= 15 is 0 Å². The van der Waals surface area contributed by atoms with Crippen molar-refractivity contribution >= 4 is 23.6 Å². The Labute approximate surface area is 119 Å². The minimum absolute atomic E-state index is 0.115. The van der Waals surface area contributed by atoms with Gasteiger partial charge in [0.2, 0.25) is 5.91 Å². The molecule has 1 aliphatic rings. The number of piperazine rings is 1. The van der Waals surface area contributed by atoms with Gasteiger partial charge < -0.3 is 14.5 Å². The number of ether oxygens (including phenoxy) is 1. The maximum Gasteiger partial charge on any atom is 0.410 e. The van der Waals surface area contributed by atoms with Crippen LogP contribution in [0.3, 0.4) is 0 Å². The highest BCUT2D eigenvalue weighted by atomic mass is 35.5. The van der Waals surface area contributed by atoms with Crippen LogP contribution in [0.1, 0.15) is 33.6 Å². The van der Waals surface area contributed by atoms with E-state index in [-0.39, 0.29) is 12.0 Å². The second-order valence-corrected chi connectivity index (χ2v) is 6.02. The summed E-state index contributed by atoms with van der Waals surface area (Å²) in [6.07, 6.45) is 0.878. The van der Waals surface area contributed by atoms with Crippen molar-refractivity contribution in [3.05, 3.63) is 0 Å². The van der Waals surface area contributed by atoms with E-state index in [0.717, 1.165) is 0 Å². The number of hydrogen-bond donors (Lipinski definition) is 0. The molecule has 1 fully saturated rings. The largest absolute Gasteiger partial charge is 0.444 e. The molecule has 0 aliphatic carbocycles. The second kappa shape index (κ2) is 6.98. The zero-order valence-electron chi connectivity index (χ0n) is 11.9. The van der Waals surface area contributed by atoms with E-state index in [4.69, 9.17) is 16.3 Å². The first-order chi connectivity index (χ1) is 8.83. The zero-order chi connectivity index (χ0) is 14.5.